The fraction of sp³-hybridized carbons (Fsp3) is 0.429. The normalized spacial score (nSPS) is 18.7. The maximum atomic E-state index is 5.58. The van der Waals surface area contributed by atoms with E-state index in [4.69, 9.17) is 34.8 Å². The van der Waals surface area contributed by atoms with E-state index in [0.717, 1.165) is 0 Å². The molecule has 0 radical (unpaired) electrons. The van der Waals surface area contributed by atoms with Crippen molar-refractivity contribution in [2.75, 3.05) is 0 Å². The summed E-state index contributed by atoms with van der Waals surface area (Å²) in [5.74, 6) is 0.299. The van der Waals surface area contributed by atoms with Crippen LogP contribution in [0.25, 0.3) is 0 Å². The largest absolute Gasteiger partial charge is 0.191 e. The highest BCUT2D eigenvalue weighted by molar-refractivity contribution is 6.67. The van der Waals surface area contributed by atoms with Gasteiger partial charge in [0.15, 0.2) is 3.79 Å². The molecule has 0 aromatic carbocycles. The Morgan fingerprint density at radius 2 is 1.60 bits per heavy atom. The summed E-state index contributed by atoms with van der Waals surface area (Å²) in [6, 6.07) is 0. The lowest BCUT2D eigenvalue weighted by Gasteiger charge is -2.12. The van der Waals surface area contributed by atoms with Crippen molar-refractivity contribution in [2.45, 2.75) is 10.2 Å². The average molecular weight is 197 g/mol. The minimum Gasteiger partial charge on any atom is -0.0837 e. The van der Waals surface area contributed by atoms with E-state index in [9.17, 15) is 0 Å². The van der Waals surface area contributed by atoms with Gasteiger partial charge in [-0.1, -0.05) is 59.1 Å². The van der Waals surface area contributed by atoms with Crippen LogP contribution in [0.1, 0.15) is 6.42 Å². The zero-order chi connectivity index (χ0) is 7.61. The molecule has 0 saturated carbocycles. The fourth-order valence-corrected chi connectivity index (χ4v) is 1.42. The minimum absolute atomic E-state index is 0.299. The minimum atomic E-state index is -1.12. The molecule has 0 bridgehead atoms. The molecule has 0 N–H and O–H groups in total. The Kier molecular flexibility index (Phi) is 2.67. The van der Waals surface area contributed by atoms with Crippen molar-refractivity contribution in [2.24, 2.45) is 5.92 Å². The van der Waals surface area contributed by atoms with Crippen molar-refractivity contribution in [3.63, 3.8) is 0 Å². The molecule has 0 heterocycles. The third-order valence-electron chi connectivity index (χ3n) is 1.29. The maximum Gasteiger partial charge on any atom is 0.191 e. The number of alkyl halides is 3. The lowest BCUT2D eigenvalue weighted by Crippen LogP contribution is -2.06. The van der Waals surface area contributed by atoms with Gasteiger partial charge in [0.25, 0.3) is 0 Å². The van der Waals surface area contributed by atoms with Crippen LogP contribution in [-0.4, -0.2) is 3.79 Å². The smallest absolute Gasteiger partial charge is 0.0837 e. The van der Waals surface area contributed by atoms with Crippen LogP contribution >= 0.6 is 34.8 Å². The highest BCUT2D eigenvalue weighted by Gasteiger charge is 2.23. The highest BCUT2D eigenvalue weighted by Crippen LogP contribution is 2.35. The Bertz CT molecular complexity index is 152. The summed E-state index contributed by atoms with van der Waals surface area (Å²) in [5, 5.41) is 0. The van der Waals surface area contributed by atoms with Crippen LogP contribution in [0.5, 0.6) is 0 Å². The summed E-state index contributed by atoms with van der Waals surface area (Å²) in [7, 11) is 0. The standard InChI is InChI=1S/C7H7Cl3/c8-7(9,10)5-6-3-1-2-4-6/h1-4,6H,5H2. The molecule has 0 amide bonds. The Hall–Kier alpha value is 0.350. The molecule has 0 aromatic rings. The first-order valence-corrected chi connectivity index (χ1v) is 4.13. The second kappa shape index (κ2) is 3.17. The predicted octanol–water partition coefficient (Wildman–Crippen LogP) is 3.49. The lowest BCUT2D eigenvalue weighted by molar-refractivity contribution is 0.735. The molecular formula is C7H7Cl3. The number of hydrogen-bond acceptors (Lipinski definition) is 0. The molecule has 1 aliphatic carbocycles. The monoisotopic (exact) mass is 196 g/mol. The molecule has 0 saturated heterocycles. The molecule has 0 aliphatic heterocycles. The molecule has 0 atom stereocenters. The van der Waals surface area contributed by atoms with Crippen molar-refractivity contribution in [3.05, 3.63) is 24.3 Å². The van der Waals surface area contributed by atoms with Gasteiger partial charge in [0.2, 0.25) is 0 Å². The molecule has 1 rings (SSSR count). The molecular weight excluding hydrogens is 190 g/mol. The van der Waals surface area contributed by atoms with Crippen LogP contribution in [0.4, 0.5) is 0 Å². The van der Waals surface area contributed by atoms with Gasteiger partial charge in [0, 0.05) is 6.42 Å². The summed E-state index contributed by atoms with van der Waals surface area (Å²) in [6.07, 6.45) is 8.51. The summed E-state index contributed by atoms with van der Waals surface area (Å²) in [5.41, 5.74) is 0. The lowest BCUT2D eigenvalue weighted by atomic mass is 10.1. The average Bonchev–Trinajstić information content (AvgIpc) is 2.12. The van der Waals surface area contributed by atoms with Crippen molar-refractivity contribution >= 4 is 34.8 Å². The van der Waals surface area contributed by atoms with E-state index in [-0.39, 0.29) is 0 Å². The summed E-state index contributed by atoms with van der Waals surface area (Å²) in [4.78, 5) is 0. The highest BCUT2D eigenvalue weighted by atomic mass is 35.6. The third kappa shape index (κ3) is 2.96. The van der Waals surface area contributed by atoms with Gasteiger partial charge in [-0.3, -0.25) is 0 Å². The summed E-state index contributed by atoms with van der Waals surface area (Å²) in [6.45, 7) is 0. The van der Waals surface area contributed by atoms with E-state index in [0.29, 0.717) is 12.3 Å². The second-order valence-corrected chi connectivity index (χ2v) is 4.77. The van der Waals surface area contributed by atoms with Gasteiger partial charge in [-0.2, -0.15) is 0 Å². The topological polar surface area (TPSA) is 0 Å². The first-order chi connectivity index (χ1) is 4.58. The molecule has 0 aromatic heterocycles. The number of allylic oxidation sites excluding steroid dienone is 4. The van der Waals surface area contributed by atoms with Gasteiger partial charge in [-0.05, 0) is 5.92 Å². The Labute approximate surface area is 75.5 Å². The van der Waals surface area contributed by atoms with E-state index in [2.05, 4.69) is 0 Å². The van der Waals surface area contributed by atoms with Crippen LogP contribution in [0.3, 0.4) is 0 Å². The Balaban J connectivity index is 2.40. The Morgan fingerprint density at radius 3 is 2.00 bits per heavy atom. The number of hydrogen-bond donors (Lipinski definition) is 0. The molecule has 0 spiro atoms. The van der Waals surface area contributed by atoms with Gasteiger partial charge in [0.1, 0.15) is 0 Å². The molecule has 3 heteroatoms. The summed E-state index contributed by atoms with van der Waals surface area (Å²) >= 11 is 16.7. The zero-order valence-electron chi connectivity index (χ0n) is 5.23. The maximum absolute atomic E-state index is 5.58. The number of halogens is 3. The van der Waals surface area contributed by atoms with Gasteiger partial charge in [-0.25, -0.2) is 0 Å². The SMILES string of the molecule is ClC(Cl)(Cl)CC1C=CC=C1. The van der Waals surface area contributed by atoms with Crippen LogP contribution in [-0.2, 0) is 0 Å². The Morgan fingerprint density at radius 1 is 1.10 bits per heavy atom. The van der Waals surface area contributed by atoms with Crippen molar-refractivity contribution < 1.29 is 0 Å². The molecule has 1 aliphatic rings. The molecule has 0 fully saturated rings. The van der Waals surface area contributed by atoms with Crippen LogP contribution in [0.2, 0.25) is 0 Å². The van der Waals surface area contributed by atoms with Gasteiger partial charge >= 0.3 is 0 Å². The first kappa shape index (κ1) is 8.45. The van der Waals surface area contributed by atoms with E-state index < -0.39 is 3.79 Å². The van der Waals surface area contributed by atoms with Crippen molar-refractivity contribution in [1.29, 1.82) is 0 Å². The van der Waals surface area contributed by atoms with Crippen LogP contribution < -0.4 is 0 Å². The van der Waals surface area contributed by atoms with Gasteiger partial charge in [-0.15, -0.1) is 0 Å². The van der Waals surface area contributed by atoms with E-state index in [1.165, 1.54) is 0 Å². The van der Waals surface area contributed by atoms with Crippen LogP contribution in [0.15, 0.2) is 24.3 Å². The predicted molar refractivity (Wildman–Crippen MR) is 46.7 cm³/mol. The molecule has 10 heavy (non-hydrogen) atoms. The first-order valence-electron chi connectivity index (χ1n) is 3.00. The molecule has 0 nitrogen and oxygen atoms in total. The zero-order valence-corrected chi connectivity index (χ0v) is 7.50. The van der Waals surface area contributed by atoms with E-state index in [1.807, 2.05) is 24.3 Å². The second-order valence-electron chi connectivity index (χ2n) is 2.25. The van der Waals surface area contributed by atoms with Crippen LogP contribution in [0, 0.1) is 5.92 Å². The molecule has 0 unspecified atom stereocenters. The number of rotatable bonds is 1. The van der Waals surface area contributed by atoms with E-state index in [1.54, 1.807) is 0 Å². The third-order valence-corrected chi connectivity index (χ3v) is 1.76. The van der Waals surface area contributed by atoms with Crippen molar-refractivity contribution in [1.82, 2.24) is 0 Å². The van der Waals surface area contributed by atoms with Gasteiger partial charge in [0.05, 0.1) is 0 Å². The van der Waals surface area contributed by atoms with Gasteiger partial charge < -0.3 is 0 Å². The summed E-state index contributed by atoms with van der Waals surface area (Å²) < 4.78 is -1.12. The van der Waals surface area contributed by atoms with Crippen molar-refractivity contribution in [3.8, 4) is 0 Å². The quantitative estimate of drug-likeness (QED) is 0.565. The van der Waals surface area contributed by atoms with E-state index >= 15 is 0 Å². The fourth-order valence-electron chi connectivity index (χ4n) is 0.881. The molecule has 56 valence electrons.